The van der Waals surface area contributed by atoms with Crippen LogP contribution in [0.5, 0.6) is 0 Å². The summed E-state index contributed by atoms with van der Waals surface area (Å²) >= 11 is 9.39. The SMILES string of the molecule is CCOC(=O)c1c(Cl)cccc1CCCBr. The first kappa shape index (κ1) is 13.5. The molecule has 0 unspecified atom stereocenters. The van der Waals surface area contributed by atoms with Crippen molar-refractivity contribution in [2.75, 3.05) is 11.9 Å². The zero-order valence-electron chi connectivity index (χ0n) is 9.13. The van der Waals surface area contributed by atoms with Crippen molar-refractivity contribution in [1.29, 1.82) is 0 Å². The second kappa shape index (κ2) is 6.92. The summed E-state index contributed by atoms with van der Waals surface area (Å²) in [6.45, 7) is 2.15. The topological polar surface area (TPSA) is 26.3 Å². The molecule has 0 amide bonds. The smallest absolute Gasteiger partial charge is 0.339 e. The van der Waals surface area contributed by atoms with E-state index in [2.05, 4.69) is 15.9 Å². The Bertz CT molecular complexity index is 366. The number of carbonyl (C=O) groups is 1. The van der Waals surface area contributed by atoms with Crippen LogP contribution in [0.2, 0.25) is 5.02 Å². The first-order valence-corrected chi connectivity index (χ1v) is 6.71. The molecular formula is C12H14BrClO2. The molecule has 0 aliphatic heterocycles. The molecule has 0 saturated carbocycles. The maximum Gasteiger partial charge on any atom is 0.339 e. The third-order valence-corrected chi connectivity index (χ3v) is 3.03. The Morgan fingerprint density at radius 1 is 1.50 bits per heavy atom. The molecule has 1 rings (SSSR count). The van der Waals surface area contributed by atoms with E-state index in [1.807, 2.05) is 12.1 Å². The number of halogens is 2. The molecule has 2 nitrogen and oxygen atoms in total. The highest BCUT2D eigenvalue weighted by Crippen LogP contribution is 2.22. The molecule has 0 fully saturated rings. The molecule has 0 radical (unpaired) electrons. The van der Waals surface area contributed by atoms with Crippen molar-refractivity contribution < 1.29 is 9.53 Å². The Kier molecular flexibility index (Phi) is 5.85. The Labute approximate surface area is 109 Å². The van der Waals surface area contributed by atoms with Gasteiger partial charge < -0.3 is 4.74 Å². The summed E-state index contributed by atoms with van der Waals surface area (Å²) in [5.41, 5.74) is 1.46. The van der Waals surface area contributed by atoms with Crippen LogP contribution in [0.1, 0.15) is 29.3 Å². The first-order valence-electron chi connectivity index (χ1n) is 5.21. The number of rotatable bonds is 5. The minimum atomic E-state index is -0.335. The fourth-order valence-corrected chi connectivity index (χ4v) is 2.02. The summed E-state index contributed by atoms with van der Waals surface area (Å²) in [4.78, 5) is 11.7. The average molecular weight is 306 g/mol. The molecule has 88 valence electrons. The van der Waals surface area contributed by atoms with Gasteiger partial charge in [-0.3, -0.25) is 0 Å². The summed E-state index contributed by atoms with van der Waals surface area (Å²) in [6.07, 6.45) is 1.78. The summed E-state index contributed by atoms with van der Waals surface area (Å²) in [5.74, 6) is -0.335. The molecule has 0 aromatic heterocycles. The van der Waals surface area contributed by atoms with E-state index in [4.69, 9.17) is 16.3 Å². The molecule has 1 aromatic carbocycles. The number of aryl methyl sites for hydroxylation is 1. The van der Waals surface area contributed by atoms with Gasteiger partial charge in [-0.25, -0.2) is 4.79 Å². The first-order chi connectivity index (χ1) is 7.70. The van der Waals surface area contributed by atoms with E-state index < -0.39 is 0 Å². The van der Waals surface area contributed by atoms with Crippen molar-refractivity contribution in [3.05, 3.63) is 34.3 Å². The Balaban J connectivity index is 2.98. The molecule has 0 aliphatic carbocycles. The second-order valence-corrected chi connectivity index (χ2v) is 4.49. The van der Waals surface area contributed by atoms with Gasteiger partial charge in [0.15, 0.2) is 0 Å². The highest BCUT2D eigenvalue weighted by Gasteiger charge is 2.15. The maximum atomic E-state index is 11.7. The highest BCUT2D eigenvalue weighted by atomic mass is 79.9. The maximum absolute atomic E-state index is 11.7. The molecule has 16 heavy (non-hydrogen) atoms. The minimum Gasteiger partial charge on any atom is -0.462 e. The third kappa shape index (κ3) is 3.49. The van der Waals surface area contributed by atoms with Gasteiger partial charge in [0.05, 0.1) is 17.2 Å². The van der Waals surface area contributed by atoms with Crippen LogP contribution in [-0.2, 0) is 11.2 Å². The molecule has 0 atom stereocenters. The lowest BCUT2D eigenvalue weighted by atomic mass is 10.0. The van der Waals surface area contributed by atoms with Crippen molar-refractivity contribution in [3.8, 4) is 0 Å². The number of benzene rings is 1. The van der Waals surface area contributed by atoms with Crippen LogP contribution >= 0.6 is 27.5 Å². The highest BCUT2D eigenvalue weighted by molar-refractivity contribution is 9.09. The van der Waals surface area contributed by atoms with E-state index in [0.29, 0.717) is 17.2 Å². The number of hydrogen-bond acceptors (Lipinski definition) is 2. The molecule has 0 saturated heterocycles. The Hall–Kier alpha value is -0.540. The monoisotopic (exact) mass is 304 g/mol. The predicted octanol–water partition coefficient (Wildman–Crippen LogP) is 3.84. The van der Waals surface area contributed by atoms with E-state index in [-0.39, 0.29) is 5.97 Å². The van der Waals surface area contributed by atoms with Gasteiger partial charge in [0, 0.05) is 5.33 Å². The molecule has 1 aromatic rings. The molecule has 0 N–H and O–H groups in total. The standard InChI is InChI=1S/C12H14BrClO2/c1-2-16-12(15)11-9(6-4-8-13)5-3-7-10(11)14/h3,5,7H,2,4,6,8H2,1H3. The lowest BCUT2D eigenvalue weighted by molar-refractivity contribution is 0.0525. The van der Waals surface area contributed by atoms with Gasteiger partial charge in [0.2, 0.25) is 0 Å². The van der Waals surface area contributed by atoms with Gasteiger partial charge in [0.25, 0.3) is 0 Å². The number of esters is 1. The van der Waals surface area contributed by atoms with E-state index in [9.17, 15) is 4.79 Å². The van der Waals surface area contributed by atoms with Crippen LogP contribution in [0.4, 0.5) is 0 Å². The second-order valence-electron chi connectivity index (χ2n) is 3.29. The van der Waals surface area contributed by atoms with Crippen LogP contribution < -0.4 is 0 Å². The quantitative estimate of drug-likeness (QED) is 0.610. The Morgan fingerprint density at radius 2 is 2.25 bits per heavy atom. The number of ether oxygens (including phenoxy) is 1. The predicted molar refractivity (Wildman–Crippen MR) is 69.5 cm³/mol. The van der Waals surface area contributed by atoms with E-state index in [0.717, 1.165) is 23.7 Å². The average Bonchev–Trinajstić information content (AvgIpc) is 2.26. The fourth-order valence-electron chi connectivity index (χ4n) is 1.47. The van der Waals surface area contributed by atoms with Gasteiger partial charge in [-0.1, -0.05) is 39.7 Å². The summed E-state index contributed by atoms with van der Waals surface area (Å²) < 4.78 is 4.99. The molecular weight excluding hydrogens is 291 g/mol. The largest absolute Gasteiger partial charge is 0.462 e. The summed E-state index contributed by atoms with van der Waals surface area (Å²) in [6, 6.07) is 5.49. The lowest BCUT2D eigenvalue weighted by Crippen LogP contribution is -2.09. The summed E-state index contributed by atoms with van der Waals surface area (Å²) in [5, 5.41) is 1.37. The molecule has 0 heterocycles. The van der Waals surface area contributed by atoms with Crippen molar-refractivity contribution in [1.82, 2.24) is 0 Å². The van der Waals surface area contributed by atoms with Gasteiger partial charge in [-0.2, -0.15) is 0 Å². The van der Waals surface area contributed by atoms with Crippen LogP contribution in [0.15, 0.2) is 18.2 Å². The Morgan fingerprint density at radius 3 is 2.88 bits per heavy atom. The molecule has 0 bridgehead atoms. The van der Waals surface area contributed by atoms with Gasteiger partial charge in [-0.05, 0) is 31.4 Å². The summed E-state index contributed by atoms with van der Waals surface area (Å²) in [7, 11) is 0. The van der Waals surface area contributed by atoms with Crippen molar-refractivity contribution in [2.24, 2.45) is 0 Å². The zero-order chi connectivity index (χ0) is 12.0. The molecule has 0 spiro atoms. The van der Waals surface area contributed by atoms with Gasteiger partial charge in [0.1, 0.15) is 0 Å². The minimum absolute atomic E-state index is 0.335. The van der Waals surface area contributed by atoms with E-state index in [1.165, 1.54) is 0 Å². The van der Waals surface area contributed by atoms with Crippen molar-refractivity contribution >= 4 is 33.5 Å². The van der Waals surface area contributed by atoms with Crippen molar-refractivity contribution in [3.63, 3.8) is 0 Å². The van der Waals surface area contributed by atoms with Crippen LogP contribution in [0, 0.1) is 0 Å². The van der Waals surface area contributed by atoms with Gasteiger partial charge >= 0.3 is 5.97 Å². The van der Waals surface area contributed by atoms with Crippen LogP contribution in [-0.4, -0.2) is 17.9 Å². The van der Waals surface area contributed by atoms with Gasteiger partial charge in [-0.15, -0.1) is 0 Å². The third-order valence-electron chi connectivity index (χ3n) is 2.16. The normalized spacial score (nSPS) is 10.2. The van der Waals surface area contributed by atoms with Crippen LogP contribution in [0.25, 0.3) is 0 Å². The molecule has 4 heteroatoms. The van der Waals surface area contributed by atoms with Crippen LogP contribution in [0.3, 0.4) is 0 Å². The van der Waals surface area contributed by atoms with E-state index in [1.54, 1.807) is 13.0 Å². The van der Waals surface area contributed by atoms with E-state index >= 15 is 0 Å². The molecule has 0 aliphatic rings. The lowest BCUT2D eigenvalue weighted by Gasteiger charge is -2.09. The zero-order valence-corrected chi connectivity index (χ0v) is 11.5. The number of carbonyl (C=O) groups excluding carboxylic acids is 1. The number of hydrogen-bond donors (Lipinski definition) is 0. The van der Waals surface area contributed by atoms with Crippen molar-refractivity contribution in [2.45, 2.75) is 19.8 Å². The number of alkyl halides is 1. The fraction of sp³-hybridized carbons (Fsp3) is 0.417.